The Morgan fingerprint density at radius 1 is 1.22 bits per heavy atom. The van der Waals surface area contributed by atoms with E-state index in [0.717, 1.165) is 42.8 Å². The van der Waals surface area contributed by atoms with Crippen molar-refractivity contribution >= 4 is 0 Å². The fraction of sp³-hybridized carbons (Fsp3) is 0.857. The Labute approximate surface area is 108 Å². The fourth-order valence-electron chi connectivity index (χ4n) is 2.93. The van der Waals surface area contributed by atoms with E-state index in [0.29, 0.717) is 0 Å². The minimum absolute atomic E-state index is 0.336. The monoisotopic (exact) mass is 249 g/mol. The van der Waals surface area contributed by atoms with Crippen molar-refractivity contribution in [3.05, 3.63) is 11.7 Å². The fourth-order valence-corrected chi connectivity index (χ4v) is 2.93. The van der Waals surface area contributed by atoms with E-state index in [-0.39, 0.29) is 5.54 Å². The van der Waals surface area contributed by atoms with Gasteiger partial charge >= 0.3 is 0 Å². The molecule has 0 aliphatic heterocycles. The van der Waals surface area contributed by atoms with Gasteiger partial charge in [-0.05, 0) is 50.4 Å². The Balaban J connectivity index is 1.67. The zero-order chi connectivity index (χ0) is 12.6. The molecule has 0 amide bonds. The lowest BCUT2D eigenvalue weighted by Crippen LogP contribution is -2.41. The van der Waals surface area contributed by atoms with Crippen LogP contribution < -0.4 is 5.73 Å². The molecular weight excluding hydrogens is 226 g/mol. The van der Waals surface area contributed by atoms with Crippen molar-refractivity contribution in [2.45, 2.75) is 63.8 Å². The van der Waals surface area contributed by atoms with Crippen molar-refractivity contribution in [3.8, 4) is 0 Å². The molecule has 2 aliphatic rings. The maximum Gasteiger partial charge on any atom is 0.226 e. The number of nitrogens with two attached hydrogens (primary N) is 1. The molecule has 2 saturated carbocycles. The first-order valence-corrected chi connectivity index (χ1v) is 7.31. The van der Waals surface area contributed by atoms with Crippen LogP contribution in [0.4, 0.5) is 0 Å². The average molecular weight is 249 g/mol. The van der Waals surface area contributed by atoms with Crippen molar-refractivity contribution in [1.29, 1.82) is 0 Å². The molecule has 4 heteroatoms. The van der Waals surface area contributed by atoms with Gasteiger partial charge in [0.2, 0.25) is 5.89 Å². The highest BCUT2D eigenvalue weighted by Crippen LogP contribution is 2.38. The van der Waals surface area contributed by atoms with E-state index in [4.69, 9.17) is 10.3 Å². The lowest BCUT2D eigenvalue weighted by atomic mass is 9.76. The van der Waals surface area contributed by atoms with Crippen molar-refractivity contribution in [2.75, 3.05) is 0 Å². The second-order valence-electron chi connectivity index (χ2n) is 6.17. The third kappa shape index (κ3) is 2.44. The minimum atomic E-state index is -0.336. The first-order valence-electron chi connectivity index (χ1n) is 7.31. The molecule has 0 atom stereocenters. The summed E-state index contributed by atoms with van der Waals surface area (Å²) in [7, 11) is 0. The molecule has 0 aromatic carbocycles. The van der Waals surface area contributed by atoms with Crippen LogP contribution in [0.1, 0.15) is 63.6 Å². The molecule has 18 heavy (non-hydrogen) atoms. The summed E-state index contributed by atoms with van der Waals surface area (Å²) in [5.41, 5.74) is 6.14. The predicted molar refractivity (Wildman–Crippen MR) is 68.8 cm³/mol. The van der Waals surface area contributed by atoms with Gasteiger partial charge in [0.1, 0.15) is 0 Å². The molecule has 0 unspecified atom stereocenters. The number of rotatable bonds is 4. The van der Waals surface area contributed by atoms with Gasteiger partial charge in [0.05, 0.1) is 5.54 Å². The van der Waals surface area contributed by atoms with Crippen molar-refractivity contribution < 1.29 is 4.52 Å². The smallest absolute Gasteiger partial charge is 0.226 e. The Hall–Kier alpha value is -0.900. The van der Waals surface area contributed by atoms with Crippen molar-refractivity contribution in [1.82, 2.24) is 10.1 Å². The van der Waals surface area contributed by atoms with Crippen molar-refractivity contribution in [2.24, 2.45) is 17.6 Å². The summed E-state index contributed by atoms with van der Waals surface area (Å²) in [6, 6.07) is 0. The van der Waals surface area contributed by atoms with E-state index in [2.05, 4.69) is 17.1 Å². The van der Waals surface area contributed by atoms with Crippen LogP contribution in [0, 0.1) is 11.8 Å². The quantitative estimate of drug-likeness (QED) is 0.891. The van der Waals surface area contributed by atoms with E-state index in [1.807, 2.05) is 0 Å². The molecule has 2 N–H and O–H groups in total. The highest BCUT2D eigenvalue weighted by molar-refractivity contribution is 5.06. The topological polar surface area (TPSA) is 64.9 Å². The number of nitrogens with zero attached hydrogens (tertiary/aromatic N) is 2. The summed E-state index contributed by atoms with van der Waals surface area (Å²) in [5, 5.41) is 4.13. The normalized spacial score (nSPS) is 32.7. The van der Waals surface area contributed by atoms with Gasteiger partial charge in [0, 0.05) is 6.42 Å². The lowest BCUT2D eigenvalue weighted by Gasteiger charge is -2.34. The van der Waals surface area contributed by atoms with Gasteiger partial charge in [-0.2, -0.15) is 4.98 Å². The van der Waals surface area contributed by atoms with E-state index >= 15 is 0 Å². The molecule has 4 nitrogen and oxygen atoms in total. The van der Waals surface area contributed by atoms with Crippen LogP contribution >= 0.6 is 0 Å². The second kappa shape index (κ2) is 4.65. The van der Waals surface area contributed by atoms with Gasteiger partial charge in [0.25, 0.3) is 0 Å². The van der Waals surface area contributed by atoms with Gasteiger partial charge in [-0.1, -0.05) is 18.5 Å². The van der Waals surface area contributed by atoms with Crippen molar-refractivity contribution in [3.63, 3.8) is 0 Å². The number of aromatic nitrogens is 2. The Morgan fingerprint density at radius 2 is 1.94 bits per heavy atom. The summed E-state index contributed by atoms with van der Waals surface area (Å²) < 4.78 is 5.35. The largest absolute Gasteiger partial charge is 0.339 e. The molecule has 1 aromatic rings. The lowest BCUT2D eigenvalue weighted by molar-refractivity contribution is 0.216. The van der Waals surface area contributed by atoms with Gasteiger partial charge in [-0.25, -0.2) is 0 Å². The van der Waals surface area contributed by atoms with Crippen LogP contribution in [0.15, 0.2) is 4.52 Å². The molecule has 3 rings (SSSR count). The van der Waals surface area contributed by atoms with E-state index in [1.54, 1.807) is 0 Å². The molecule has 100 valence electrons. The molecule has 0 saturated heterocycles. The van der Waals surface area contributed by atoms with Crippen LogP contribution in [-0.2, 0) is 12.0 Å². The summed E-state index contributed by atoms with van der Waals surface area (Å²) >= 11 is 0. The van der Waals surface area contributed by atoms with Crippen LogP contribution in [0.25, 0.3) is 0 Å². The summed E-state index contributed by atoms with van der Waals surface area (Å²) in [6.45, 7) is 2.26. The third-order valence-electron chi connectivity index (χ3n) is 4.65. The minimum Gasteiger partial charge on any atom is -0.339 e. The molecule has 0 spiro atoms. The molecule has 2 fully saturated rings. The van der Waals surface area contributed by atoms with Gasteiger partial charge in [-0.3, -0.25) is 0 Å². The van der Waals surface area contributed by atoms with E-state index in [1.165, 1.54) is 32.1 Å². The standard InChI is InChI=1S/C14H23N3O/c1-2-10-5-7-14(15,8-6-10)13-16-12(18-17-13)9-11-3-4-11/h10-11H,2-9,15H2,1H3. The number of hydrogen-bond acceptors (Lipinski definition) is 4. The molecular formula is C14H23N3O. The first-order chi connectivity index (χ1) is 8.69. The van der Waals surface area contributed by atoms with Crippen LogP contribution in [-0.4, -0.2) is 10.1 Å². The SMILES string of the molecule is CCC1CCC(N)(c2noc(CC3CC3)n2)CC1. The summed E-state index contributed by atoms with van der Waals surface area (Å²) in [5.74, 6) is 3.14. The molecule has 2 aliphatic carbocycles. The van der Waals surface area contributed by atoms with Crippen LogP contribution in [0.5, 0.6) is 0 Å². The Kier molecular flexibility index (Phi) is 3.14. The Bertz CT molecular complexity index is 403. The molecule has 1 aromatic heterocycles. The Morgan fingerprint density at radius 3 is 2.56 bits per heavy atom. The van der Waals surface area contributed by atoms with Crippen LogP contribution in [0.3, 0.4) is 0 Å². The van der Waals surface area contributed by atoms with Gasteiger partial charge in [-0.15, -0.1) is 0 Å². The maximum atomic E-state index is 6.47. The maximum absolute atomic E-state index is 6.47. The first kappa shape index (κ1) is 12.2. The molecule has 0 bridgehead atoms. The van der Waals surface area contributed by atoms with Gasteiger partial charge in [0.15, 0.2) is 5.82 Å². The number of hydrogen-bond donors (Lipinski definition) is 1. The average Bonchev–Trinajstić information content (AvgIpc) is 3.05. The third-order valence-corrected chi connectivity index (χ3v) is 4.65. The predicted octanol–water partition coefficient (Wildman–Crippen LogP) is 2.78. The second-order valence-corrected chi connectivity index (χ2v) is 6.17. The van der Waals surface area contributed by atoms with Gasteiger partial charge < -0.3 is 10.3 Å². The summed E-state index contributed by atoms with van der Waals surface area (Å²) in [4.78, 5) is 4.53. The molecule has 0 radical (unpaired) electrons. The highest BCUT2D eigenvalue weighted by atomic mass is 16.5. The highest BCUT2D eigenvalue weighted by Gasteiger charge is 2.37. The zero-order valence-electron chi connectivity index (χ0n) is 11.2. The van der Waals surface area contributed by atoms with E-state index in [9.17, 15) is 0 Å². The zero-order valence-corrected chi connectivity index (χ0v) is 11.2. The van der Waals surface area contributed by atoms with E-state index < -0.39 is 0 Å². The summed E-state index contributed by atoms with van der Waals surface area (Å²) in [6.07, 6.45) is 9.20. The van der Waals surface area contributed by atoms with Crippen LogP contribution in [0.2, 0.25) is 0 Å². The molecule has 1 heterocycles.